The van der Waals surface area contributed by atoms with Crippen molar-refractivity contribution in [3.63, 3.8) is 0 Å². The number of nitrogens with two attached hydrogens (primary N) is 1. The minimum Gasteiger partial charge on any atom is -0.330 e. The Labute approximate surface area is 83.9 Å². The van der Waals surface area contributed by atoms with Crippen molar-refractivity contribution in [3.8, 4) is 0 Å². The molecule has 4 heteroatoms. The molecular weight excluding hydrogens is 198 g/mol. The molecule has 1 aliphatic rings. The summed E-state index contributed by atoms with van der Waals surface area (Å²) >= 11 is 0. The number of hydrogen-bond acceptors (Lipinski definition) is 3. The highest BCUT2D eigenvalue weighted by Crippen LogP contribution is 2.32. The molecule has 1 aliphatic heterocycles. The van der Waals surface area contributed by atoms with Crippen LogP contribution in [0.2, 0.25) is 0 Å². The van der Waals surface area contributed by atoms with Crippen molar-refractivity contribution in [1.29, 1.82) is 0 Å². The third-order valence-electron chi connectivity index (χ3n) is 2.71. The number of rotatable bonds is 1. The van der Waals surface area contributed by atoms with E-state index in [4.69, 9.17) is 5.73 Å². The summed E-state index contributed by atoms with van der Waals surface area (Å²) in [7, 11) is -3.04. The van der Waals surface area contributed by atoms with E-state index in [1.165, 1.54) is 0 Å². The first-order valence-electron chi connectivity index (χ1n) is 4.67. The van der Waals surface area contributed by atoms with Crippen LogP contribution in [0.4, 0.5) is 0 Å². The zero-order valence-corrected chi connectivity index (χ0v) is 8.63. The Morgan fingerprint density at radius 2 is 2.07 bits per heavy atom. The van der Waals surface area contributed by atoms with Crippen LogP contribution in [0.25, 0.3) is 0 Å². The lowest BCUT2D eigenvalue weighted by molar-refractivity contribution is 0.566. The lowest BCUT2D eigenvalue weighted by Crippen LogP contribution is -2.24. The molecule has 0 saturated heterocycles. The predicted octanol–water partition coefficient (Wildman–Crippen LogP) is 0.906. The summed E-state index contributed by atoms with van der Waals surface area (Å²) in [5, 5.41) is 0. The van der Waals surface area contributed by atoms with Crippen LogP contribution in [0.1, 0.15) is 17.9 Å². The standard InChI is InChI=1S/C10H13NO2S/c11-7-8-5-6-14(12,13)10-4-2-1-3-9(8)10/h1-4,8H,5-7,11H2/t8-/m0/s1. The molecule has 0 spiro atoms. The third kappa shape index (κ3) is 1.44. The molecule has 1 atom stereocenters. The number of sulfone groups is 1. The van der Waals surface area contributed by atoms with Gasteiger partial charge >= 0.3 is 0 Å². The fourth-order valence-corrected chi connectivity index (χ4v) is 3.60. The highest BCUT2D eigenvalue weighted by molar-refractivity contribution is 7.91. The Kier molecular flexibility index (Phi) is 2.33. The molecule has 0 saturated carbocycles. The van der Waals surface area contributed by atoms with Crippen LogP contribution in [0.5, 0.6) is 0 Å². The maximum atomic E-state index is 11.7. The summed E-state index contributed by atoms with van der Waals surface area (Å²) in [6, 6.07) is 7.16. The monoisotopic (exact) mass is 211 g/mol. The van der Waals surface area contributed by atoms with Crippen LogP contribution in [-0.4, -0.2) is 20.7 Å². The first kappa shape index (κ1) is 9.68. The van der Waals surface area contributed by atoms with Crippen molar-refractivity contribution in [2.75, 3.05) is 12.3 Å². The molecule has 0 aliphatic carbocycles. The predicted molar refractivity (Wildman–Crippen MR) is 54.9 cm³/mol. The van der Waals surface area contributed by atoms with Gasteiger partial charge in [0.1, 0.15) is 0 Å². The number of hydrogen-bond donors (Lipinski definition) is 1. The van der Waals surface area contributed by atoms with Gasteiger partial charge in [-0.25, -0.2) is 8.42 Å². The second kappa shape index (κ2) is 3.37. The minimum absolute atomic E-state index is 0.203. The van der Waals surface area contributed by atoms with Crippen molar-refractivity contribution in [2.45, 2.75) is 17.2 Å². The smallest absolute Gasteiger partial charge is 0.178 e. The summed E-state index contributed by atoms with van der Waals surface area (Å²) in [4.78, 5) is 0.474. The van der Waals surface area contributed by atoms with Crippen molar-refractivity contribution in [1.82, 2.24) is 0 Å². The van der Waals surface area contributed by atoms with Crippen LogP contribution in [0, 0.1) is 0 Å². The van der Waals surface area contributed by atoms with E-state index in [-0.39, 0.29) is 11.7 Å². The molecule has 0 amide bonds. The fourth-order valence-electron chi connectivity index (χ4n) is 1.91. The van der Waals surface area contributed by atoms with Crippen molar-refractivity contribution >= 4 is 9.84 Å². The summed E-state index contributed by atoms with van der Waals surface area (Å²) in [5.41, 5.74) is 6.50. The van der Waals surface area contributed by atoms with Gasteiger partial charge in [-0.15, -0.1) is 0 Å². The molecule has 0 radical (unpaired) electrons. The Bertz CT molecular complexity index is 439. The second-order valence-corrected chi connectivity index (χ2v) is 5.66. The fraction of sp³-hybridized carbons (Fsp3) is 0.400. The molecule has 1 aromatic rings. The maximum Gasteiger partial charge on any atom is 0.178 e. The lowest BCUT2D eigenvalue weighted by Gasteiger charge is -2.23. The molecule has 14 heavy (non-hydrogen) atoms. The maximum absolute atomic E-state index is 11.7. The molecule has 0 aromatic heterocycles. The van der Waals surface area contributed by atoms with Gasteiger partial charge in [-0.2, -0.15) is 0 Å². The Morgan fingerprint density at radius 1 is 1.36 bits per heavy atom. The van der Waals surface area contributed by atoms with Crippen molar-refractivity contribution in [3.05, 3.63) is 29.8 Å². The average Bonchev–Trinajstić information content (AvgIpc) is 2.18. The summed E-state index contributed by atoms with van der Waals surface area (Å²) in [6.07, 6.45) is 0.649. The molecule has 2 N–H and O–H groups in total. The van der Waals surface area contributed by atoms with E-state index in [2.05, 4.69) is 0 Å². The van der Waals surface area contributed by atoms with Gasteiger partial charge in [0, 0.05) is 0 Å². The van der Waals surface area contributed by atoms with Gasteiger partial charge in [0.15, 0.2) is 9.84 Å². The van der Waals surface area contributed by atoms with Crippen LogP contribution in [0.15, 0.2) is 29.2 Å². The Hall–Kier alpha value is -0.870. The van der Waals surface area contributed by atoms with E-state index in [1.807, 2.05) is 12.1 Å². The number of benzene rings is 1. The first-order valence-corrected chi connectivity index (χ1v) is 6.32. The normalized spacial score (nSPS) is 24.2. The van der Waals surface area contributed by atoms with E-state index in [1.54, 1.807) is 12.1 Å². The second-order valence-electron chi connectivity index (χ2n) is 3.58. The Balaban J connectivity index is 2.61. The number of fused-ring (bicyclic) bond motifs is 1. The van der Waals surface area contributed by atoms with Gasteiger partial charge in [0.05, 0.1) is 10.6 Å². The van der Waals surface area contributed by atoms with Gasteiger partial charge in [-0.3, -0.25) is 0 Å². The highest BCUT2D eigenvalue weighted by Gasteiger charge is 2.28. The van der Waals surface area contributed by atoms with Gasteiger partial charge in [0.25, 0.3) is 0 Å². The van der Waals surface area contributed by atoms with E-state index in [0.717, 1.165) is 5.56 Å². The summed E-state index contributed by atoms with van der Waals surface area (Å²) in [6.45, 7) is 0.520. The van der Waals surface area contributed by atoms with Crippen LogP contribution in [-0.2, 0) is 9.84 Å². The van der Waals surface area contributed by atoms with E-state index in [9.17, 15) is 8.42 Å². The zero-order chi connectivity index (χ0) is 10.2. The quantitative estimate of drug-likeness (QED) is 0.751. The minimum atomic E-state index is -3.04. The van der Waals surface area contributed by atoms with Crippen LogP contribution in [0.3, 0.4) is 0 Å². The highest BCUT2D eigenvalue weighted by atomic mass is 32.2. The molecule has 0 bridgehead atoms. The van der Waals surface area contributed by atoms with Gasteiger partial charge in [-0.05, 0) is 30.5 Å². The van der Waals surface area contributed by atoms with Gasteiger partial charge < -0.3 is 5.73 Å². The zero-order valence-electron chi connectivity index (χ0n) is 7.81. The third-order valence-corrected chi connectivity index (χ3v) is 4.53. The summed E-state index contributed by atoms with van der Waals surface area (Å²) < 4.78 is 23.4. The van der Waals surface area contributed by atoms with E-state index < -0.39 is 9.84 Å². The van der Waals surface area contributed by atoms with E-state index >= 15 is 0 Å². The lowest BCUT2D eigenvalue weighted by atomic mass is 9.96. The topological polar surface area (TPSA) is 60.2 Å². The first-order chi connectivity index (χ1) is 6.65. The molecular formula is C10H13NO2S. The average molecular weight is 211 g/mol. The molecule has 0 unspecified atom stereocenters. The van der Waals surface area contributed by atoms with Crippen molar-refractivity contribution in [2.24, 2.45) is 5.73 Å². The molecule has 2 rings (SSSR count). The van der Waals surface area contributed by atoms with Gasteiger partial charge in [0.2, 0.25) is 0 Å². The molecule has 1 heterocycles. The van der Waals surface area contributed by atoms with Crippen LogP contribution >= 0.6 is 0 Å². The Morgan fingerprint density at radius 3 is 2.79 bits per heavy atom. The summed E-state index contributed by atoms with van der Waals surface area (Å²) in [5.74, 6) is 0.432. The van der Waals surface area contributed by atoms with Crippen molar-refractivity contribution < 1.29 is 8.42 Å². The molecule has 3 nitrogen and oxygen atoms in total. The largest absolute Gasteiger partial charge is 0.330 e. The SMILES string of the molecule is NC[C@@H]1CCS(=O)(=O)c2ccccc21. The molecule has 0 fully saturated rings. The molecule has 1 aromatic carbocycles. The van der Waals surface area contributed by atoms with Gasteiger partial charge in [-0.1, -0.05) is 18.2 Å². The van der Waals surface area contributed by atoms with E-state index in [0.29, 0.717) is 17.9 Å². The van der Waals surface area contributed by atoms with Crippen LogP contribution < -0.4 is 5.73 Å². The molecule has 76 valence electrons.